The second-order valence-electron chi connectivity index (χ2n) is 9.95. The first-order valence-corrected chi connectivity index (χ1v) is 13.0. The molecule has 2 bridgehead atoms. The number of hydrogen-bond acceptors (Lipinski definition) is 7. The van der Waals surface area contributed by atoms with E-state index in [9.17, 15) is 14.0 Å². The standard InChI is InChI=1S/C28H28FN7O3/c1-18-14-31-33-36(18)23-13-22(29)8-7-21(23)15-30-26(37)24-25(39-17-20-5-3-2-4-6-20)27(38)35-16-19-9-11-34(12-10-19)28(35)32-24/h2-8,13-14,19H,9-12,15-17H2,1H3,(H,30,37). The van der Waals surface area contributed by atoms with E-state index in [0.29, 0.717) is 35.4 Å². The average molecular weight is 530 g/mol. The van der Waals surface area contributed by atoms with Crippen molar-refractivity contribution in [2.45, 2.75) is 39.5 Å². The number of ether oxygens (including phenoxy) is 1. The topological polar surface area (TPSA) is 107 Å². The van der Waals surface area contributed by atoms with Gasteiger partial charge in [0.2, 0.25) is 11.7 Å². The molecule has 0 atom stereocenters. The molecule has 0 aliphatic carbocycles. The van der Waals surface area contributed by atoms with Crippen LogP contribution in [0.4, 0.5) is 10.3 Å². The number of nitrogens with zero attached hydrogens (tertiary/aromatic N) is 6. The molecule has 1 saturated heterocycles. The molecule has 200 valence electrons. The van der Waals surface area contributed by atoms with Gasteiger partial charge in [-0.15, -0.1) is 5.10 Å². The van der Waals surface area contributed by atoms with Crippen molar-refractivity contribution < 1.29 is 13.9 Å². The third-order valence-electron chi connectivity index (χ3n) is 7.32. The Morgan fingerprint density at radius 1 is 1.15 bits per heavy atom. The van der Waals surface area contributed by atoms with E-state index in [1.807, 2.05) is 30.3 Å². The number of anilines is 1. The lowest BCUT2D eigenvalue weighted by Gasteiger charge is -2.27. The van der Waals surface area contributed by atoms with Crippen LogP contribution in [-0.4, -0.2) is 43.5 Å². The van der Waals surface area contributed by atoms with Gasteiger partial charge in [0, 0.05) is 26.2 Å². The van der Waals surface area contributed by atoms with Gasteiger partial charge in [0.05, 0.1) is 17.6 Å². The summed E-state index contributed by atoms with van der Waals surface area (Å²) in [5.41, 5.74) is 2.25. The third-order valence-corrected chi connectivity index (χ3v) is 7.32. The number of carbonyl (C=O) groups excluding carboxylic acids is 1. The number of piperidine rings is 1. The molecule has 0 spiro atoms. The number of amides is 1. The average Bonchev–Trinajstić information content (AvgIpc) is 3.20. The van der Waals surface area contributed by atoms with E-state index in [-0.39, 0.29) is 30.2 Å². The summed E-state index contributed by atoms with van der Waals surface area (Å²) in [7, 11) is 0. The van der Waals surface area contributed by atoms with Crippen LogP contribution in [0, 0.1) is 18.7 Å². The molecule has 2 aromatic heterocycles. The zero-order valence-corrected chi connectivity index (χ0v) is 21.5. The number of hydrogen-bond donors (Lipinski definition) is 1. The molecule has 2 aromatic carbocycles. The maximum atomic E-state index is 14.1. The van der Waals surface area contributed by atoms with E-state index >= 15 is 0 Å². The lowest BCUT2D eigenvalue weighted by atomic mass is 9.98. The molecule has 7 rings (SSSR count). The number of rotatable bonds is 7. The molecule has 0 radical (unpaired) electrons. The van der Waals surface area contributed by atoms with Gasteiger partial charge in [0.15, 0.2) is 5.69 Å². The second-order valence-corrected chi connectivity index (χ2v) is 9.95. The van der Waals surface area contributed by atoms with Crippen LogP contribution >= 0.6 is 0 Å². The highest BCUT2D eigenvalue weighted by molar-refractivity contribution is 5.95. The predicted octanol–water partition coefficient (Wildman–Crippen LogP) is 3.01. The Morgan fingerprint density at radius 2 is 1.95 bits per heavy atom. The number of halogens is 1. The van der Waals surface area contributed by atoms with Gasteiger partial charge in [-0.3, -0.25) is 14.2 Å². The number of fused-ring (bicyclic) bond motifs is 2. The summed E-state index contributed by atoms with van der Waals surface area (Å²) in [5.74, 6) is -0.173. The normalized spacial score (nSPS) is 14.7. The molecule has 0 saturated carbocycles. The highest BCUT2D eigenvalue weighted by Gasteiger charge is 2.32. The Labute approximate surface area is 224 Å². The van der Waals surface area contributed by atoms with E-state index in [0.717, 1.165) is 31.5 Å². The molecule has 0 unspecified atom stereocenters. The summed E-state index contributed by atoms with van der Waals surface area (Å²) in [6, 6.07) is 13.7. The zero-order chi connectivity index (χ0) is 26.9. The number of carbonyl (C=O) groups is 1. The molecule has 3 aliphatic rings. The number of aryl methyl sites for hydroxylation is 1. The largest absolute Gasteiger partial charge is 0.481 e. The van der Waals surface area contributed by atoms with Crippen molar-refractivity contribution >= 4 is 11.9 Å². The lowest BCUT2D eigenvalue weighted by molar-refractivity contribution is 0.0940. The third kappa shape index (κ3) is 4.87. The maximum Gasteiger partial charge on any atom is 0.298 e. The summed E-state index contributed by atoms with van der Waals surface area (Å²) < 4.78 is 23.3. The molecule has 3 aliphatic heterocycles. The van der Waals surface area contributed by atoms with Gasteiger partial charge in [-0.05, 0) is 48.9 Å². The highest BCUT2D eigenvalue weighted by Crippen LogP contribution is 2.30. The van der Waals surface area contributed by atoms with Crippen LogP contribution in [0.2, 0.25) is 0 Å². The van der Waals surface area contributed by atoms with Gasteiger partial charge < -0.3 is 15.0 Å². The molecule has 39 heavy (non-hydrogen) atoms. The van der Waals surface area contributed by atoms with Crippen molar-refractivity contribution in [3.05, 3.63) is 93.4 Å². The lowest BCUT2D eigenvalue weighted by Crippen LogP contribution is -2.35. The van der Waals surface area contributed by atoms with Crippen LogP contribution in [0.3, 0.4) is 0 Å². The first-order chi connectivity index (χ1) is 19.0. The van der Waals surface area contributed by atoms with Gasteiger partial charge in [-0.2, -0.15) is 0 Å². The number of aromatic nitrogens is 5. The van der Waals surface area contributed by atoms with Gasteiger partial charge in [-0.25, -0.2) is 14.1 Å². The fraction of sp³-hybridized carbons (Fsp3) is 0.321. The summed E-state index contributed by atoms with van der Waals surface area (Å²) in [5, 5.41) is 10.8. The number of nitrogens with one attached hydrogen (secondary N) is 1. The Kier molecular flexibility index (Phi) is 6.55. The zero-order valence-electron chi connectivity index (χ0n) is 21.5. The molecular formula is C28H28FN7O3. The monoisotopic (exact) mass is 529 g/mol. The Hall–Kier alpha value is -4.54. The SMILES string of the molecule is Cc1cnnn1-c1cc(F)ccc1CNC(=O)c1nc2n(c(=O)c1OCc1ccccc1)CC1CCN2CC1. The molecule has 4 aromatic rings. The molecular weight excluding hydrogens is 501 g/mol. The molecule has 5 heterocycles. The van der Waals surface area contributed by atoms with Crippen molar-refractivity contribution in [2.24, 2.45) is 5.92 Å². The minimum Gasteiger partial charge on any atom is -0.481 e. The Bertz CT molecular complexity index is 1580. The van der Waals surface area contributed by atoms with Crippen LogP contribution in [0.15, 0.2) is 59.5 Å². The Morgan fingerprint density at radius 3 is 2.69 bits per heavy atom. The van der Waals surface area contributed by atoms with Crippen LogP contribution in [-0.2, 0) is 19.7 Å². The summed E-state index contributed by atoms with van der Waals surface area (Å²) in [4.78, 5) is 34.1. The summed E-state index contributed by atoms with van der Waals surface area (Å²) >= 11 is 0. The van der Waals surface area contributed by atoms with Crippen molar-refractivity contribution in [3.63, 3.8) is 0 Å². The molecule has 10 nitrogen and oxygen atoms in total. The van der Waals surface area contributed by atoms with Crippen LogP contribution in [0.1, 0.15) is 40.2 Å². The quantitative estimate of drug-likeness (QED) is 0.392. The predicted molar refractivity (Wildman–Crippen MR) is 141 cm³/mol. The van der Waals surface area contributed by atoms with Gasteiger partial charge in [0.1, 0.15) is 12.4 Å². The fourth-order valence-electron chi connectivity index (χ4n) is 5.19. The van der Waals surface area contributed by atoms with Crippen LogP contribution < -0.4 is 20.5 Å². The minimum atomic E-state index is -0.552. The van der Waals surface area contributed by atoms with E-state index in [2.05, 4.69) is 20.5 Å². The first kappa shape index (κ1) is 24.8. The van der Waals surface area contributed by atoms with E-state index in [1.54, 1.807) is 23.8 Å². The maximum absolute atomic E-state index is 14.1. The molecule has 1 fully saturated rings. The first-order valence-electron chi connectivity index (χ1n) is 13.0. The smallest absolute Gasteiger partial charge is 0.298 e. The van der Waals surface area contributed by atoms with E-state index in [1.165, 1.54) is 16.8 Å². The fourth-order valence-corrected chi connectivity index (χ4v) is 5.19. The number of benzene rings is 2. The summed E-state index contributed by atoms with van der Waals surface area (Å²) in [6.07, 6.45) is 3.51. The van der Waals surface area contributed by atoms with Crippen molar-refractivity contribution in [2.75, 3.05) is 18.0 Å². The molecule has 1 amide bonds. The highest BCUT2D eigenvalue weighted by atomic mass is 19.1. The van der Waals surface area contributed by atoms with Crippen LogP contribution in [0.5, 0.6) is 5.75 Å². The Balaban J connectivity index is 1.34. The molecule has 1 N–H and O–H groups in total. The van der Waals surface area contributed by atoms with Gasteiger partial charge >= 0.3 is 0 Å². The van der Waals surface area contributed by atoms with Crippen molar-refractivity contribution in [1.82, 2.24) is 29.9 Å². The summed E-state index contributed by atoms with van der Waals surface area (Å²) in [6.45, 7) is 4.12. The van der Waals surface area contributed by atoms with Crippen molar-refractivity contribution in [1.29, 1.82) is 0 Å². The second kappa shape index (κ2) is 10.3. The van der Waals surface area contributed by atoms with Gasteiger partial charge in [0.25, 0.3) is 11.5 Å². The van der Waals surface area contributed by atoms with Gasteiger partial charge in [-0.1, -0.05) is 41.6 Å². The minimum absolute atomic E-state index is 0.0533. The van der Waals surface area contributed by atoms with Crippen LogP contribution in [0.25, 0.3) is 5.69 Å². The molecule has 11 heteroatoms. The van der Waals surface area contributed by atoms with E-state index < -0.39 is 11.7 Å². The van der Waals surface area contributed by atoms with Crippen molar-refractivity contribution in [3.8, 4) is 11.4 Å². The van der Waals surface area contributed by atoms with E-state index in [4.69, 9.17) is 9.72 Å².